The molecular weight excluding hydrogens is 1240 g/mol. The first kappa shape index (κ1) is 84.9. The number of aliphatic hydroxyl groups is 1. The number of aliphatic hydroxyl groups excluding tert-OH is 1. The van der Waals surface area contributed by atoms with Crippen molar-refractivity contribution in [1.82, 2.24) is 60.0 Å². The van der Waals surface area contributed by atoms with Gasteiger partial charge in [-0.3, -0.25) is 57.5 Å². The molecule has 2 rings (SSSR count). The van der Waals surface area contributed by atoms with Crippen molar-refractivity contribution in [2.75, 3.05) is 81.5 Å². The maximum absolute atomic E-state index is 15.4. The zero-order valence-corrected chi connectivity index (χ0v) is 63.0. The highest BCUT2D eigenvalue weighted by atomic mass is 32.2. The molecule has 14 atom stereocenters. The Balaban J connectivity index is 3.09. The van der Waals surface area contributed by atoms with Crippen molar-refractivity contribution in [3.63, 3.8) is 0 Å². The molecule has 2 saturated heterocycles. The molecule has 0 radical (unpaired) electrons. The second-order valence-electron chi connectivity index (χ2n) is 28.9. The molecule has 2 bridgehead atoms. The zero-order chi connectivity index (χ0) is 73.1. The lowest BCUT2D eigenvalue weighted by molar-refractivity contribution is -0.157. The molecule has 95 heavy (non-hydrogen) atoms. The van der Waals surface area contributed by atoms with Gasteiger partial charge >= 0.3 is 0 Å². The second-order valence-corrected chi connectivity index (χ2v) is 30.1. The number of carbonyl (C=O) groups is 12. The van der Waals surface area contributed by atoms with E-state index in [-0.39, 0.29) is 80.8 Å². The molecule has 2 aliphatic heterocycles. The van der Waals surface area contributed by atoms with Gasteiger partial charge in [-0.15, -0.1) is 0 Å². The lowest BCUT2D eigenvalue weighted by Gasteiger charge is -2.41. The minimum absolute atomic E-state index is 0.00468. The van der Waals surface area contributed by atoms with E-state index in [4.69, 9.17) is 0 Å². The standard InChI is InChI=1S/C69H122N12O13S/c1-26-28-30-44(13)58(83)57-61(86)71-49(27-2)63(88)78(23)54(38-95-32-29-31-48(82)37-73(17)18)66(91)74(19)50(33-39(3)4)60(85)72-55(42(9)10)68(93)77(22)53-36-45(14)81(67(53)92)47(16)59(84)70-46(15)62(87)75(20)51(34-40(5)6)64(89)76(21)52(35-41(7)8)65(90)79(24)56(43(11)12)69(94)80(57)25/h26,28,39-47,49-58,83H,27,29-38H2,1-25H3,(H,70,84)(H,71,86)(H,72,85)/b28-26+/t44-,45?,46+,47-,49-,50+,51-,52-,53-,54-,55-,56-,57-,58-/m1/s1. The average molecular weight is 1360 g/mol. The quantitative estimate of drug-likeness (QED) is 0.0941. The Hall–Kier alpha value is -6.15. The Labute approximate surface area is 572 Å². The highest BCUT2D eigenvalue weighted by Crippen LogP contribution is 2.29. The van der Waals surface area contributed by atoms with Crippen molar-refractivity contribution in [3.05, 3.63) is 12.2 Å². The molecule has 0 spiro atoms. The number of nitrogens with zero attached hydrogens (tertiary/aromatic N) is 9. The lowest BCUT2D eigenvalue weighted by atomic mass is 9.91. The van der Waals surface area contributed by atoms with E-state index in [1.54, 1.807) is 80.5 Å². The smallest absolute Gasteiger partial charge is 0.246 e. The Morgan fingerprint density at radius 1 is 0.568 bits per heavy atom. The SMILES string of the molecule is C/C=C/C[C@@H](C)[C@@H](O)[C@@H]1C(=O)N[C@H](CC)C(=O)N(C)[C@H](CSCCCC(=O)CN(C)C)C(=O)N(C)[C@@H](CC(C)C)C(=O)N[C@H](C(C)C)C(=O)N(C)[C@@H]2CC(C)N(C2=O)[C@H](C)C(=O)N[C@@H](C)C(=O)N(C)[C@H](CC(C)C)C(=O)N(C)[C@H](CC(C)C)C(=O)N(C)[C@H](C(C)C)C(=O)N1C. The van der Waals surface area contributed by atoms with E-state index in [0.717, 1.165) is 4.90 Å². The molecule has 2 aliphatic rings. The molecule has 2 heterocycles. The van der Waals surface area contributed by atoms with Crippen LogP contribution >= 0.6 is 11.8 Å². The molecule has 0 aromatic rings. The Morgan fingerprint density at radius 2 is 1.05 bits per heavy atom. The van der Waals surface area contributed by atoms with Gasteiger partial charge in [0.25, 0.3) is 0 Å². The van der Waals surface area contributed by atoms with Crippen molar-refractivity contribution in [2.24, 2.45) is 35.5 Å². The summed E-state index contributed by atoms with van der Waals surface area (Å²) in [5.74, 6) is -9.17. The number of Topliss-reactive ketones (excluding diaryl/α,β-unsaturated/α-hetero) is 1. The number of carbonyl (C=O) groups excluding carboxylic acids is 12. The normalized spacial score (nSPS) is 27.4. The van der Waals surface area contributed by atoms with Gasteiger partial charge in [0.2, 0.25) is 65.0 Å². The molecular formula is C69H122N12O13S. The molecule has 25 nitrogen and oxygen atoms in total. The van der Waals surface area contributed by atoms with Gasteiger partial charge in [0.15, 0.2) is 0 Å². The van der Waals surface area contributed by atoms with Gasteiger partial charge < -0.3 is 65.2 Å². The third kappa shape index (κ3) is 23.0. The molecule has 0 saturated carbocycles. The van der Waals surface area contributed by atoms with Crippen LogP contribution in [-0.4, -0.2) is 280 Å². The molecule has 26 heteroatoms. The maximum Gasteiger partial charge on any atom is 0.246 e. The summed E-state index contributed by atoms with van der Waals surface area (Å²) in [6, 6.07) is -14.3. The van der Waals surface area contributed by atoms with Gasteiger partial charge in [-0.2, -0.15) is 11.8 Å². The van der Waals surface area contributed by atoms with Crippen LogP contribution in [-0.2, 0) is 57.5 Å². The number of hydrogen-bond donors (Lipinski definition) is 4. The Kier molecular flexibility index (Phi) is 34.6. The number of nitrogens with one attached hydrogen (secondary N) is 3. The predicted molar refractivity (Wildman–Crippen MR) is 371 cm³/mol. The monoisotopic (exact) mass is 1360 g/mol. The van der Waals surface area contributed by atoms with Crippen LogP contribution in [0.4, 0.5) is 0 Å². The number of fused-ring (bicyclic) bond motifs is 2. The molecule has 2 fully saturated rings. The fraction of sp³-hybridized carbons (Fsp3) is 0.797. The van der Waals surface area contributed by atoms with Crippen LogP contribution in [0.5, 0.6) is 0 Å². The fourth-order valence-corrected chi connectivity index (χ4v) is 13.8. The first-order valence-electron chi connectivity index (χ1n) is 34.2. The number of likely N-dealkylation sites (N-methyl/N-ethyl adjacent to an activating group) is 8. The van der Waals surface area contributed by atoms with Gasteiger partial charge in [0.05, 0.1) is 12.6 Å². The van der Waals surface area contributed by atoms with Gasteiger partial charge in [0.1, 0.15) is 72.2 Å². The van der Waals surface area contributed by atoms with E-state index in [9.17, 15) is 33.9 Å². The van der Waals surface area contributed by atoms with Gasteiger partial charge in [0, 0.05) is 67.5 Å². The van der Waals surface area contributed by atoms with Crippen LogP contribution in [0.15, 0.2) is 12.2 Å². The van der Waals surface area contributed by atoms with Crippen molar-refractivity contribution >= 4 is 82.5 Å². The summed E-state index contributed by atoms with van der Waals surface area (Å²) in [6.45, 7) is 28.3. The summed E-state index contributed by atoms with van der Waals surface area (Å²) in [6.07, 6.45) is 3.58. The molecule has 1 unspecified atom stereocenters. The van der Waals surface area contributed by atoms with Gasteiger partial charge in [-0.25, -0.2) is 0 Å². The number of hydrogen-bond acceptors (Lipinski definition) is 15. The van der Waals surface area contributed by atoms with Crippen molar-refractivity contribution < 1.29 is 62.6 Å². The third-order valence-electron chi connectivity index (χ3n) is 18.5. The van der Waals surface area contributed by atoms with Crippen molar-refractivity contribution in [3.8, 4) is 0 Å². The van der Waals surface area contributed by atoms with E-state index >= 15 is 28.8 Å². The zero-order valence-electron chi connectivity index (χ0n) is 62.2. The van der Waals surface area contributed by atoms with Gasteiger partial charge in [-0.05, 0) is 128 Å². The number of thioether (sulfide) groups is 1. The predicted octanol–water partition coefficient (Wildman–Crippen LogP) is 3.74. The highest BCUT2D eigenvalue weighted by Gasteiger charge is 2.49. The first-order valence-corrected chi connectivity index (χ1v) is 35.3. The number of amides is 11. The van der Waals surface area contributed by atoms with E-state index in [1.807, 2.05) is 47.6 Å². The van der Waals surface area contributed by atoms with E-state index in [1.165, 1.54) is 109 Å². The van der Waals surface area contributed by atoms with Crippen LogP contribution in [0.2, 0.25) is 0 Å². The van der Waals surface area contributed by atoms with E-state index in [2.05, 4.69) is 16.0 Å². The summed E-state index contributed by atoms with van der Waals surface area (Å²) in [4.78, 5) is 189. The third-order valence-corrected chi connectivity index (χ3v) is 19.6. The largest absolute Gasteiger partial charge is 0.390 e. The number of ketones is 1. The fourth-order valence-electron chi connectivity index (χ4n) is 12.7. The maximum atomic E-state index is 15.4. The van der Waals surface area contributed by atoms with Crippen LogP contribution in [0.25, 0.3) is 0 Å². The number of allylic oxidation sites excluding steroid dienone is 2. The van der Waals surface area contributed by atoms with Crippen molar-refractivity contribution in [2.45, 2.75) is 241 Å². The summed E-state index contributed by atoms with van der Waals surface area (Å²) >= 11 is 1.32. The molecule has 0 aromatic heterocycles. The van der Waals surface area contributed by atoms with Crippen LogP contribution < -0.4 is 16.0 Å². The summed E-state index contributed by atoms with van der Waals surface area (Å²) in [5, 5.41) is 20.8. The van der Waals surface area contributed by atoms with E-state index < -0.39 is 161 Å². The highest BCUT2D eigenvalue weighted by molar-refractivity contribution is 7.99. The minimum atomic E-state index is -1.66. The number of rotatable bonds is 21. The van der Waals surface area contributed by atoms with Crippen LogP contribution in [0.1, 0.15) is 162 Å². The first-order chi connectivity index (χ1) is 44.0. The van der Waals surface area contributed by atoms with Gasteiger partial charge in [-0.1, -0.05) is 95.2 Å². The molecule has 4 N–H and O–H groups in total. The summed E-state index contributed by atoms with van der Waals surface area (Å²) < 4.78 is 0. The molecule has 11 amide bonds. The molecule has 542 valence electrons. The van der Waals surface area contributed by atoms with E-state index in [0.29, 0.717) is 12.2 Å². The Morgan fingerprint density at radius 3 is 1.55 bits per heavy atom. The minimum Gasteiger partial charge on any atom is -0.390 e. The average Bonchev–Trinajstić information content (AvgIpc) is 1.77. The second kappa shape index (κ2) is 38.7. The summed E-state index contributed by atoms with van der Waals surface area (Å²) in [5.41, 5.74) is 0. The topological polar surface area (TPSA) is 290 Å². The lowest BCUT2D eigenvalue weighted by Crippen LogP contribution is -2.64. The van der Waals surface area contributed by atoms with Crippen LogP contribution in [0, 0.1) is 35.5 Å². The summed E-state index contributed by atoms with van der Waals surface area (Å²) in [7, 11) is 13.6. The van der Waals surface area contributed by atoms with Crippen LogP contribution in [0.3, 0.4) is 0 Å². The molecule has 0 aromatic carbocycles. The van der Waals surface area contributed by atoms with Crippen molar-refractivity contribution in [1.29, 1.82) is 0 Å². The molecule has 0 aliphatic carbocycles. The Bertz CT molecular complexity index is 2670.